The largest absolute Gasteiger partial charge is 0.494 e. The molecule has 0 saturated carbocycles. The Morgan fingerprint density at radius 3 is 2.72 bits per heavy atom. The molecule has 0 unspecified atom stereocenters. The van der Waals surface area contributed by atoms with Crippen LogP contribution >= 0.6 is 0 Å². The van der Waals surface area contributed by atoms with Gasteiger partial charge in [-0.05, 0) is 69.9 Å². The molecule has 102 valence electrons. The summed E-state index contributed by atoms with van der Waals surface area (Å²) in [7, 11) is 0. The van der Waals surface area contributed by atoms with Crippen molar-refractivity contribution in [2.75, 3.05) is 26.2 Å². The second kappa shape index (κ2) is 8.95. The maximum atomic E-state index is 5.53. The van der Waals surface area contributed by atoms with Gasteiger partial charge >= 0.3 is 0 Å². The minimum absolute atomic E-state index is 0.725. The average Bonchev–Trinajstić information content (AvgIpc) is 2.37. The lowest BCUT2D eigenvalue weighted by atomic mass is 10.1. The molecule has 1 aromatic rings. The molecular formula is C15H26N2O. The number of aryl methyl sites for hydroxylation is 1. The van der Waals surface area contributed by atoms with Crippen LogP contribution in [0.25, 0.3) is 0 Å². The Labute approximate surface area is 111 Å². The third-order valence-electron chi connectivity index (χ3n) is 2.94. The number of rotatable bonds is 9. The summed E-state index contributed by atoms with van der Waals surface area (Å²) < 4.78 is 5.53. The first-order valence-electron chi connectivity index (χ1n) is 6.91. The van der Waals surface area contributed by atoms with Crippen molar-refractivity contribution in [3.05, 3.63) is 29.3 Å². The van der Waals surface area contributed by atoms with E-state index in [-0.39, 0.29) is 0 Å². The molecule has 3 nitrogen and oxygen atoms in total. The fraction of sp³-hybridized carbons (Fsp3) is 0.600. The van der Waals surface area contributed by atoms with E-state index in [4.69, 9.17) is 10.5 Å². The van der Waals surface area contributed by atoms with E-state index in [9.17, 15) is 0 Å². The number of ether oxygens (including phenoxy) is 1. The minimum atomic E-state index is 0.725. The first kappa shape index (κ1) is 15.0. The monoisotopic (exact) mass is 250 g/mol. The molecule has 1 rings (SSSR count). The molecule has 0 spiro atoms. The number of nitrogens with one attached hydrogen (secondary N) is 1. The van der Waals surface area contributed by atoms with Crippen LogP contribution in [0.5, 0.6) is 5.75 Å². The molecule has 0 aliphatic rings. The fourth-order valence-corrected chi connectivity index (χ4v) is 1.94. The molecule has 3 N–H and O–H groups in total. The Balaban J connectivity index is 2.28. The van der Waals surface area contributed by atoms with Gasteiger partial charge in [0.2, 0.25) is 0 Å². The number of hydrogen-bond donors (Lipinski definition) is 2. The highest BCUT2D eigenvalue weighted by molar-refractivity contribution is 5.36. The average molecular weight is 250 g/mol. The van der Waals surface area contributed by atoms with Crippen LogP contribution in [0.2, 0.25) is 0 Å². The zero-order chi connectivity index (χ0) is 13.2. The smallest absolute Gasteiger partial charge is 0.122 e. The van der Waals surface area contributed by atoms with Crippen molar-refractivity contribution in [1.82, 2.24) is 5.32 Å². The maximum Gasteiger partial charge on any atom is 0.122 e. The number of hydrogen-bond acceptors (Lipinski definition) is 3. The highest BCUT2D eigenvalue weighted by Gasteiger charge is 2.00. The van der Waals surface area contributed by atoms with Crippen molar-refractivity contribution in [2.45, 2.75) is 33.1 Å². The summed E-state index contributed by atoms with van der Waals surface area (Å²) >= 11 is 0. The molecule has 0 atom stereocenters. The predicted molar refractivity (Wildman–Crippen MR) is 77.2 cm³/mol. The van der Waals surface area contributed by atoms with E-state index in [2.05, 4.69) is 30.4 Å². The van der Waals surface area contributed by atoms with Crippen LogP contribution in [-0.2, 0) is 6.42 Å². The molecule has 0 radical (unpaired) electrons. The Bertz CT molecular complexity index is 339. The third-order valence-corrected chi connectivity index (χ3v) is 2.94. The fourth-order valence-electron chi connectivity index (χ4n) is 1.94. The molecule has 0 aromatic heterocycles. The topological polar surface area (TPSA) is 47.3 Å². The zero-order valence-corrected chi connectivity index (χ0v) is 11.7. The Kier molecular flexibility index (Phi) is 7.46. The van der Waals surface area contributed by atoms with Crippen LogP contribution in [-0.4, -0.2) is 26.2 Å². The van der Waals surface area contributed by atoms with Crippen LogP contribution in [0.15, 0.2) is 18.2 Å². The van der Waals surface area contributed by atoms with Gasteiger partial charge in [-0.25, -0.2) is 0 Å². The highest BCUT2D eigenvalue weighted by atomic mass is 16.5. The number of nitrogens with two attached hydrogens (primary N) is 1. The van der Waals surface area contributed by atoms with E-state index in [0.717, 1.165) is 44.8 Å². The number of benzene rings is 1. The van der Waals surface area contributed by atoms with Gasteiger partial charge in [0.15, 0.2) is 0 Å². The summed E-state index contributed by atoms with van der Waals surface area (Å²) in [5, 5.41) is 3.44. The van der Waals surface area contributed by atoms with Crippen LogP contribution in [0.1, 0.15) is 30.9 Å². The second-order valence-corrected chi connectivity index (χ2v) is 4.53. The first-order chi connectivity index (χ1) is 8.77. The first-order valence-corrected chi connectivity index (χ1v) is 6.91. The zero-order valence-electron chi connectivity index (χ0n) is 11.7. The molecule has 0 heterocycles. The molecule has 0 bridgehead atoms. The van der Waals surface area contributed by atoms with E-state index >= 15 is 0 Å². The van der Waals surface area contributed by atoms with Crippen molar-refractivity contribution in [2.24, 2.45) is 5.73 Å². The predicted octanol–water partition coefficient (Wildman–Crippen LogP) is 2.26. The van der Waals surface area contributed by atoms with Crippen LogP contribution < -0.4 is 15.8 Å². The van der Waals surface area contributed by atoms with E-state index < -0.39 is 0 Å². The summed E-state index contributed by atoms with van der Waals surface area (Å²) in [5.41, 5.74) is 8.03. The molecular weight excluding hydrogens is 224 g/mol. The van der Waals surface area contributed by atoms with Crippen LogP contribution in [0.4, 0.5) is 0 Å². The van der Waals surface area contributed by atoms with E-state index in [0.29, 0.717) is 0 Å². The molecule has 1 aromatic carbocycles. The van der Waals surface area contributed by atoms with Crippen molar-refractivity contribution in [3.63, 3.8) is 0 Å². The van der Waals surface area contributed by atoms with Gasteiger partial charge in [-0.1, -0.05) is 12.1 Å². The Hall–Kier alpha value is -1.06. The lowest BCUT2D eigenvalue weighted by molar-refractivity contribution is 0.338. The molecule has 0 amide bonds. The van der Waals surface area contributed by atoms with Crippen LogP contribution in [0, 0.1) is 6.92 Å². The van der Waals surface area contributed by atoms with Gasteiger partial charge in [0.05, 0.1) is 6.61 Å². The van der Waals surface area contributed by atoms with E-state index in [1.807, 2.05) is 6.92 Å². The van der Waals surface area contributed by atoms with E-state index in [1.165, 1.54) is 17.5 Å². The van der Waals surface area contributed by atoms with Gasteiger partial charge in [0, 0.05) is 0 Å². The third kappa shape index (κ3) is 5.52. The van der Waals surface area contributed by atoms with Gasteiger partial charge < -0.3 is 15.8 Å². The van der Waals surface area contributed by atoms with Crippen molar-refractivity contribution < 1.29 is 4.74 Å². The Morgan fingerprint density at radius 1 is 1.22 bits per heavy atom. The lowest BCUT2D eigenvalue weighted by Crippen LogP contribution is -2.19. The maximum absolute atomic E-state index is 5.53. The van der Waals surface area contributed by atoms with Crippen molar-refractivity contribution in [3.8, 4) is 5.75 Å². The highest BCUT2D eigenvalue weighted by Crippen LogP contribution is 2.19. The van der Waals surface area contributed by atoms with Gasteiger partial charge in [-0.2, -0.15) is 0 Å². The van der Waals surface area contributed by atoms with Gasteiger partial charge in [-0.15, -0.1) is 0 Å². The molecule has 0 fully saturated rings. The standard InChI is InChI=1S/C15H26N2O/c1-3-18-15-7-6-14(12-13(15)2)8-11-17-10-5-4-9-16/h6-7,12,17H,3-5,8-11,16H2,1-2H3. The summed E-state index contributed by atoms with van der Waals surface area (Å²) in [6.45, 7) is 7.72. The van der Waals surface area contributed by atoms with Crippen molar-refractivity contribution >= 4 is 0 Å². The van der Waals surface area contributed by atoms with Gasteiger partial charge in [0.1, 0.15) is 5.75 Å². The lowest BCUT2D eigenvalue weighted by Gasteiger charge is -2.09. The molecule has 0 aliphatic heterocycles. The summed E-state index contributed by atoms with van der Waals surface area (Å²) in [6, 6.07) is 6.44. The number of unbranched alkanes of at least 4 members (excludes halogenated alkanes) is 1. The summed E-state index contributed by atoms with van der Waals surface area (Å²) in [6.07, 6.45) is 3.34. The molecule has 0 saturated heterocycles. The van der Waals surface area contributed by atoms with Crippen molar-refractivity contribution in [1.29, 1.82) is 0 Å². The molecule has 0 aliphatic carbocycles. The minimum Gasteiger partial charge on any atom is -0.494 e. The molecule has 3 heteroatoms. The van der Waals surface area contributed by atoms with Gasteiger partial charge in [0.25, 0.3) is 0 Å². The SMILES string of the molecule is CCOc1ccc(CCNCCCCN)cc1C. The Morgan fingerprint density at radius 2 is 2.06 bits per heavy atom. The van der Waals surface area contributed by atoms with Crippen LogP contribution in [0.3, 0.4) is 0 Å². The molecule has 18 heavy (non-hydrogen) atoms. The second-order valence-electron chi connectivity index (χ2n) is 4.53. The quantitative estimate of drug-likeness (QED) is 0.661. The summed E-state index contributed by atoms with van der Waals surface area (Å²) in [5.74, 6) is 0.997. The van der Waals surface area contributed by atoms with E-state index in [1.54, 1.807) is 0 Å². The normalized spacial score (nSPS) is 10.6. The summed E-state index contributed by atoms with van der Waals surface area (Å²) in [4.78, 5) is 0. The van der Waals surface area contributed by atoms with Gasteiger partial charge in [-0.3, -0.25) is 0 Å².